The summed E-state index contributed by atoms with van der Waals surface area (Å²) in [6.07, 6.45) is 0. The van der Waals surface area contributed by atoms with Crippen LogP contribution in [0.4, 0.5) is 16.2 Å². The molecule has 1 aromatic heterocycles. The number of anilines is 1. The standard InChI is InChI=1S/C15H12N4O3S/c20-15(17-10-4-3-5-11(8-10)19(21)22)16-9-14-18-12-6-1-2-7-13(12)23-14/h1-8H,9H2,(H2,16,17,20). The van der Waals surface area contributed by atoms with E-state index in [2.05, 4.69) is 15.6 Å². The predicted octanol–water partition coefficient (Wildman–Crippen LogP) is 3.53. The fraction of sp³-hybridized carbons (Fsp3) is 0.0667. The van der Waals surface area contributed by atoms with Gasteiger partial charge in [0.2, 0.25) is 0 Å². The molecule has 0 bridgehead atoms. The van der Waals surface area contributed by atoms with Gasteiger partial charge in [-0.3, -0.25) is 10.1 Å². The number of nitrogens with one attached hydrogen (secondary N) is 2. The molecule has 2 amide bonds. The van der Waals surface area contributed by atoms with Crippen molar-refractivity contribution >= 4 is 39.0 Å². The molecular formula is C15H12N4O3S. The predicted molar refractivity (Wildman–Crippen MR) is 88.6 cm³/mol. The average Bonchev–Trinajstić information content (AvgIpc) is 2.96. The van der Waals surface area contributed by atoms with Crippen LogP contribution in [-0.2, 0) is 6.54 Å². The SMILES string of the molecule is O=C(NCc1nc2ccccc2s1)Nc1cccc([N+](=O)[O-])c1. The van der Waals surface area contributed by atoms with Gasteiger partial charge in [0.1, 0.15) is 5.01 Å². The number of rotatable bonds is 4. The lowest BCUT2D eigenvalue weighted by atomic mass is 10.3. The van der Waals surface area contributed by atoms with Crippen molar-refractivity contribution in [1.82, 2.24) is 10.3 Å². The van der Waals surface area contributed by atoms with Gasteiger partial charge in [0, 0.05) is 17.8 Å². The molecule has 0 fully saturated rings. The van der Waals surface area contributed by atoms with Crippen molar-refractivity contribution < 1.29 is 9.72 Å². The van der Waals surface area contributed by atoms with Gasteiger partial charge in [0.05, 0.1) is 21.7 Å². The van der Waals surface area contributed by atoms with Crippen molar-refractivity contribution in [2.75, 3.05) is 5.32 Å². The van der Waals surface area contributed by atoms with Gasteiger partial charge in [0.25, 0.3) is 5.69 Å². The molecule has 0 atom stereocenters. The molecule has 0 aliphatic carbocycles. The van der Waals surface area contributed by atoms with Gasteiger partial charge in [-0.15, -0.1) is 11.3 Å². The van der Waals surface area contributed by atoms with Crippen LogP contribution in [0.1, 0.15) is 5.01 Å². The largest absolute Gasteiger partial charge is 0.331 e. The first-order chi connectivity index (χ1) is 11.1. The highest BCUT2D eigenvalue weighted by atomic mass is 32.1. The maximum atomic E-state index is 11.9. The number of benzene rings is 2. The first kappa shape index (κ1) is 14.9. The number of para-hydroxylation sites is 1. The molecule has 0 aliphatic rings. The van der Waals surface area contributed by atoms with Crippen molar-refractivity contribution in [2.24, 2.45) is 0 Å². The van der Waals surface area contributed by atoms with Crippen LogP contribution in [-0.4, -0.2) is 15.9 Å². The van der Waals surface area contributed by atoms with E-state index in [1.807, 2.05) is 24.3 Å². The Morgan fingerprint density at radius 3 is 2.83 bits per heavy atom. The number of urea groups is 1. The minimum atomic E-state index is -0.510. The Balaban J connectivity index is 1.61. The molecule has 2 N–H and O–H groups in total. The number of carbonyl (C=O) groups is 1. The molecule has 8 heteroatoms. The van der Waals surface area contributed by atoms with Crippen LogP contribution < -0.4 is 10.6 Å². The maximum absolute atomic E-state index is 11.9. The molecule has 2 aromatic carbocycles. The molecule has 0 spiro atoms. The van der Waals surface area contributed by atoms with E-state index in [0.717, 1.165) is 15.2 Å². The normalized spacial score (nSPS) is 10.4. The Hall–Kier alpha value is -3.00. The number of nitro benzene ring substituents is 1. The first-order valence-corrected chi connectivity index (χ1v) is 7.57. The van der Waals surface area contributed by atoms with E-state index >= 15 is 0 Å². The van der Waals surface area contributed by atoms with E-state index in [4.69, 9.17) is 0 Å². The Morgan fingerprint density at radius 1 is 1.22 bits per heavy atom. The first-order valence-electron chi connectivity index (χ1n) is 6.75. The second kappa shape index (κ2) is 6.41. The molecule has 3 aromatic rings. The molecule has 23 heavy (non-hydrogen) atoms. The Bertz CT molecular complexity index is 845. The van der Waals surface area contributed by atoms with E-state index in [1.165, 1.54) is 29.5 Å². The van der Waals surface area contributed by atoms with Crippen LogP contribution in [0.15, 0.2) is 48.5 Å². The van der Waals surface area contributed by atoms with Gasteiger partial charge in [-0.1, -0.05) is 18.2 Å². The number of carbonyl (C=O) groups excluding carboxylic acids is 1. The quantitative estimate of drug-likeness (QED) is 0.565. The fourth-order valence-electron chi connectivity index (χ4n) is 2.02. The lowest BCUT2D eigenvalue weighted by Crippen LogP contribution is -2.28. The molecule has 0 saturated heterocycles. The highest BCUT2D eigenvalue weighted by Gasteiger charge is 2.09. The van der Waals surface area contributed by atoms with Gasteiger partial charge in [-0.2, -0.15) is 0 Å². The smallest absolute Gasteiger partial charge is 0.319 e. The number of nitrogens with zero attached hydrogens (tertiary/aromatic N) is 2. The molecule has 7 nitrogen and oxygen atoms in total. The summed E-state index contributed by atoms with van der Waals surface area (Å²) in [5, 5.41) is 16.7. The summed E-state index contributed by atoms with van der Waals surface area (Å²) in [5.41, 5.74) is 1.18. The van der Waals surface area contributed by atoms with Crippen LogP contribution in [0.5, 0.6) is 0 Å². The van der Waals surface area contributed by atoms with Crippen LogP contribution in [0.2, 0.25) is 0 Å². The molecule has 3 rings (SSSR count). The third kappa shape index (κ3) is 3.61. The minimum Gasteiger partial charge on any atom is -0.331 e. The summed E-state index contributed by atoms with van der Waals surface area (Å²) in [4.78, 5) is 26.5. The highest BCUT2D eigenvalue weighted by molar-refractivity contribution is 7.18. The van der Waals surface area contributed by atoms with E-state index in [1.54, 1.807) is 6.07 Å². The second-order valence-electron chi connectivity index (χ2n) is 4.69. The number of aromatic nitrogens is 1. The molecule has 0 aliphatic heterocycles. The highest BCUT2D eigenvalue weighted by Crippen LogP contribution is 2.21. The monoisotopic (exact) mass is 328 g/mol. The zero-order valence-electron chi connectivity index (χ0n) is 11.9. The summed E-state index contributed by atoms with van der Waals surface area (Å²) < 4.78 is 1.06. The van der Waals surface area contributed by atoms with Gasteiger partial charge in [-0.25, -0.2) is 9.78 Å². The molecule has 0 unspecified atom stereocenters. The van der Waals surface area contributed by atoms with E-state index in [0.29, 0.717) is 12.2 Å². The third-order valence-corrected chi connectivity index (χ3v) is 4.09. The van der Waals surface area contributed by atoms with E-state index in [9.17, 15) is 14.9 Å². The molecule has 1 heterocycles. The average molecular weight is 328 g/mol. The number of amides is 2. The fourth-order valence-corrected chi connectivity index (χ4v) is 2.93. The summed E-state index contributed by atoms with van der Waals surface area (Å²) in [7, 11) is 0. The number of hydrogen-bond donors (Lipinski definition) is 2. The second-order valence-corrected chi connectivity index (χ2v) is 5.81. The van der Waals surface area contributed by atoms with Gasteiger partial charge < -0.3 is 10.6 Å². The van der Waals surface area contributed by atoms with Crippen LogP contribution in [0.3, 0.4) is 0 Å². The van der Waals surface area contributed by atoms with Crippen molar-refractivity contribution in [3.63, 3.8) is 0 Å². The van der Waals surface area contributed by atoms with Gasteiger partial charge in [0.15, 0.2) is 0 Å². The third-order valence-electron chi connectivity index (χ3n) is 3.05. The van der Waals surface area contributed by atoms with Gasteiger partial charge >= 0.3 is 6.03 Å². The van der Waals surface area contributed by atoms with Crippen molar-refractivity contribution in [1.29, 1.82) is 0 Å². The van der Waals surface area contributed by atoms with Crippen molar-refractivity contribution in [2.45, 2.75) is 6.54 Å². The summed E-state index contributed by atoms with van der Waals surface area (Å²) in [6.45, 7) is 0.292. The summed E-state index contributed by atoms with van der Waals surface area (Å²) in [5.74, 6) is 0. The van der Waals surface area contributed by atoms with Crippen LogP contribution >= 0.6 is 11.3 Å². The number of thiazole rings is 1. The summed E-state index contributed by atoms with van der Waals surface area (Å²) in [6, 6.07) is 13.1. The summed E-state index contributed by atoms with van der Waals surface area (Å²) >= 11 is 1.51. The Kier molecular flexibility index (Phi) is 4.15. The number of hydrogen-bond acceptors (Lipinski definition) is 5. The number of non-ortho nitro benzene ring substituents is 1. The zero-order valence-corrected chi connectivity index (χ0v) is 12.7. The molecular weight excluding hydrogens is 316 g/mol. The minimum absolute atomic E-state index is 0.0750. The zero-order chi connectivity index (χ0) is 16.2. The van der Waals surface area contributed by atoms with Crippen LogP contribution in [0.25, 0.3) is 10.2 Å². The number of nitro groups is 1. The molecule has 116 valence electrons. The van der Waals surface area contributed by atoms with Gasteiger partial charge in [-0.05, 0) is 18.2 Å². The van der Waals surface area contributed by atoms with Crippen molar-refractivity contribution in [3.8, 4) is 0 Å². The molecule has 0 radical (unpaired) electrons. The topological polar surface area (TPSA) is 97.2 Å². The van der Waals surface area contributed by atoms with E-state index < -0.39 is 11.0 Å². The maximum Gasteiger partial charge on any atom is 0.319 e. The molecule has 0 saturated carbocycles. The lowest BCUT2D eigenvalue weighted by Gasteiger charge is -2.06. The Labute approximate surface area is 135 Å². The van der Waals surface area contributed by atoms with Crippen LogP contribution in [0, 0.1) is 10.1 Å². The lowest BCUT2D eigenvalue weighted by molar-refractivity contribution is -0.384. The number of fused-ring (bicyclic) bond motifs is 1. The Morgan fingerprint density at radius 2 is 2.04 bits per heavy atom. The van der Waals surface area contributed by atoms with E-state index in [-0.39, 0.29) is 5.69 Å². The van der Waals surface area contributed by atoms with Crippen molar-refractivity contribution in [3.05, 3.63) is 63.7 Å².